The minimum absolute atomic E-state index is 0.379. The molecule has 0 atom stereocenters. The summed E-state index contributed by atoms with van der Waals surface area (Å²) in [5.41, 5.74) is 3.00. The second-order valence-corrected chi connectivity index (χ2v) is 8.42. The van der Waals surface area contributed by atoms with Gasteiger partial charge in [0.2, 0.25) is 11.7 Å². The average molecular weight is 476 g/mol. The number of imidazole rings is 1. The lowest BCUT2D eigenvalue weighted by atomic mass is 9.95. The van der Waals surface area contributed by atoms with Gasteiger partial charge in [0.25, 0.3) is 0 Å². The first kappa shape index (κ1) is 22.7. The molecule has 0 aliphatic heterocycles. The number of rotatable bonds is 8. The van der Waals surface area contributed by atoms with Crippen molar-refractivity contribution in [2.75, 3.05) is 32.0 Å². The van der Waals surface area contributed by atoms with Crippen molar-refractivity contribution >= 4 is 34.3 Å². The van der Waals surface area contributed by atoms with Gasteiger partial charge in [0, 0.05) is 30.1 Å². The molecule has 182 valence electrons. The summed E-state index contributed by atoms with van der Waals surface area (Å²) in [4.78, 5) is 18.5. The van der Waals surface area contributed by atoms with Crippen LogP contribution in [0.1, 0.15) is 38.1 Å². The summed E-state index contributed by atoms with van der Waals surface area (Å²) in [6.07, 6.45) is 11.3. The van der Waals surface area contributed by atoms with E-state index in [1.54, 1.807) is 33.7 Å². The molecule has 35 heavy (non-hydrogen) atoms. The number of hydrogen-bond acceptors (Lipinski definition) is 9. The Balaban J connectivity index is 1.59. The number of nitrogens with one attached hydrogen (secondary N) is 2. The van der Waals surface area contributed by atoms with E-state index in [-0.39, 0.29) is 0 Å². The van der Waals surface area contributed by atoms with Crippen molar-refractivity contribution in [1.29, 1.82) is 0 Å². The second kappa shape index (κ2) is 10.0. The molecule has 0 bridgehead atoms. The van der Waals surface area contributed by atoms with Crippen LogP contribution in [0.25, 0.3) is 11.2 Å². The van der Waals surface area contributed by atoms with E-state index in [2.05, 4.69) is 20.2 Å². The fraction of sp³-hybridized carbons (Fsp3) is 0.360. The third-order valence-electron chi connectivity index (χ3n) is 6.23. The SMILES string of the molecule is COc1cc(Nc2nc(Nc3cccnc3)nc3c2ncn3C2CCCCC2)cc(OC)c1OC. The fourth-order valence-electron chi connectivity index (χ4n) is 4.54. The van der Waals surface area contributed by atoms with E-state index in [9.17, 15) is 0 Å². The Bertz CT molecular complexity index is 1280. The van der Waals surface area contributed by atoms with Gasteiger partial charge in [-0.2, -0.15) is 9.97 Å². The first-order valence-electron chi connectivity index (χ1n) is 11.7. The normalized spacial score (nSPS) is 14.0. The van der Waals surface area contributed by atoms with Gasteiger partial charge in [-0.15, -0.1) is 0 Å². The van der Waals surface area contributed by atoms with E-state index >= 15 is 0 Å². The van der Waals surface area contributed by atoms with Crippen LogP contribution in [0.4, 0.5) is 23.1 Å². The molecule has 1 saturated carbocycles. The maximum Gasteiger partial charge on any atom is 0.231 e. The predicted molar refractivity (Wildman–Crippen MR) is 134 cm³/mol. The van der Waals surface area contributed by atoms with Gasteiger partial charge < -0.3 is 29.4 Å². The highest BCUT2D eigenvalue weighted by atomic mass is 16.5. The molecule has 0 spiro atoms. The molecule has 10 heteroatoms. The van der Waals surface area contributed by atoms with Crippen molar-refractivity contribution in [3.8, 4) is 17.2 Å². The molecule has 1 aliphatic rings. The number of pyridine rings is 1. The van der Waals surface area contributed by atoms with Crippen LogP contribution >= 0.6 is 0 Å². The van der Waals surface area contributed by atoms with Crippen molar-refractivity contribution in [3.05, 3.63) is 43.0 Å². The molecule has 4 aromatic rings. The monoisotopic (exact) mass is 475 g/mol. The minimum atomic E-state index is 0.379. The van der Waals surface area contributed by atoms with Gasteiger partial charge in [-0.25, -0.2) is 4.98 Å². The molecule has 0 amide bonds. The Kier molecular flexibility index (Phi) is 6.51. The molecule has 0 unspecified atom stereocenters. The summed E-state index contributed by atoms with van der Waals surface area (Å²) < 4.78 is 18.7. The topological polar surface area (TPSA) is 108 Å². The lowest BCUT2D eigenvalue weighted by Gasteiger charge is -2.23. The van der Waals surface area contributed by atoms with Crippen LogP contribution in [0.2, 0.25) is 0 Å². The zero-order valence-electron chi connectivity index (χ0n) is 20.1. The van der Waals surface area contributed by atoms with Crippen LogP contribution < -0.4 is 24.8 Å². The molecular formula is C25H29N7O3. The molecule has 0 saturated heterocycles. The van der Waals surface area contributed by atoms with Crippen molar-refractivity contribution in [2.24, 2.45) is 0 Å². The Labute approximate surface area is 203 Å². The van der Waals surface area contributed by atoms with Crippen LogP contribution in [-0.4, -0.2) is 45.8 Å². The van der Waals surface area contributed by atoms with E-state index in [0.717, 1.165) is 29.9 Å². The maximum atomic E-state index is 5.51. The van der Waals surface area contributed by atoms with Gasteiger partial charge in [0.1, 0.15) is 0 Å². The zero-order chi connectivity index (χ0) is 24.2. The largest absolute Gasteiger partial charge is 0.493 e. The number of ether oxygens (including phenoxy) is 3. The molecule has 3 heterocycles. The average Bonchev–Trinajstić information content (AvgIpc) is 3.33. The van der Waals surface area contributed by atoms with Crippen LogP contribution in [0.3, 0.4) is 0 Å². The van der Waals surface area contributed by atoms with Crippen LogP contribution in [0.15, 0.2) is 43.0 Å². The maximum absolute atomic E-state index is 5.51. The highest BCUT2D eigenvalue weighted by Gasteiger charge is 2.22. The zero-order valence-corrected chi connectivity index (χ0v) is 20.1. The standard InChI is InChI=1S/C25H29N7O3/c1-33-19-12-17(13-20(34-2)22(19)35-3)28-23-21-24(32(15-27-21)18-9-5-4-6-10-18)31-25(30-23)29-16-8-7-11-26-14-16/h7-8,11-15,18H,4-6,9-10H2,1-3H3,(H2,28,29,30,31). The summed E-state index contributed by atoms with van der Waals surface area (Å²) in [5, 5.41) is 6.66. The highest BCUT2D eigenvalue weighted by molar-refractivity contribution is 5.87. The summed E-state index contributed by atoms with van der Waals surface area (Å²) in [5.74, 6) is 2.64. The van der Waals surface area contributed by atoms with Crippen LogP contribution in [-0.2, 0) is 0 Å². The van der Waals surface area contributed by atoms with Crippen LogP contribution in [0.5, 0.6) is 17.2 Å². The highest BCUT2D eigenvalue weighted by Crippen LogP contribution is 2.41. The molecular weight excluding hydrogens is 446 g/mol. The Morgan fingerprint density at radius 3 is 2.34 bits per heavy atom. The van der Waals surface area contributed by atoms with Gasteiger partial charge in [0.05, 0.1) is 39.5 Å². The molecule has 2 N–H and O–H groups in total. The lowest BCUT2D eigenvalue weighted by molar-refractivity contribution is 0.324. The first-order valence-corrected chi connectivity index (χ1v) is 11.7. The van der Waals surface area contributed by atoms with Gasteiger partial charge in [0.15, 0.2) is 28.5 Å². The van der Waals surface area contributed by atoms with E-state index in [0.29, 0.717) is 40.6 Å². The molecule has 3 aromatic heterocycles. The number of methoxy groups -OCH3 is 3. The van der Waals surface area contributed by atoms with Crippen molar-refractivity contribution in [3.63, 3.8) is 0 Å². The van der Waals surface area contributed by atoms with Crippen molar-refractivity contribution < 1.29 is 14.2 Å². The number of benzene rings is 1. The number of anilines is 4. The summed E-state index contributed by atoms with van der Waals surface area (Å²) in [6, 6.07) is 7.83. The van der Waals surface area contributed by atoms with E-state index < -0.39 is 0 Å². The van der Waals surface area contributed by atoms with Crippen molar-refractivity contribution in [2.45, 2.75) is 38.1 Å². The third kappa shape index (κ3) is 4.64. The van der Waals surface area contributed by atoms with E-state index in [1.165, 1.54) is 19.3 Å². The van der Waals surface area contributed by atoms with E-state index in [1.807, 2.05) is 30.6 Å². The second-order valence-electron chi connectivity index (χ2n) is 8.42. The molecule has 1 aromatic carbocycles. The molecule has 0 radical (unpaired) electrons. The Hall–Kier alpha value is -4.08. The summed E-state index contributed by atoms with van der Waals surface area (Å²) in [7, 11) is 4.76. The van der Waals surface area contributed by atoms with Gasteiger partial charge in [-0.05, 0) is 25.0 Å². The number of aromatic nitrogens is 5. The Morgan fingerprint density at radius 2 is 1.69 bits per heavy atom. The number of hydrogen-bond donors (Lipinski definition) is 2. The smallest absolute Gasteiger partial charge is 0.231 e. The van der Waals surface area contributed by atoms with Gasteiger partial charge >= 0.3 is 0 Å². The molecule has 1 fully saturated rings. The lowest BCUT2D eigenvalue weighted by Crippen LogP contribution is -2.13. The summed E-state index contributed by atoms with van der Waals surface area (Å²) in [6.45, 7) is 0. The fourth-order valence-corrected chi connectivity index (χ4v) is 4.54. The van der Waals surface area contributed by atoms with Crippen LogP contribution in [0, 0.1) is 0 Å². The van der Waals surface area contributed by atoms with Gasteiger partial charge in [-0.3, -0.25) is 4.98 Å². The quantitative estimate of drug-likeness (QED) is 0.354. The third-order valence-corrected chi connectivity index (χ3v) is 6.23. The van der Waals surface area contributed by atoms with Crippen molar-refractivity contribution in [1.82, 2.24) is 24.5 Å². The van der Waals surface area contributed by atoms with E-state index in [4.69, 9.17) is 29.2 Å². The molecule has 1 aliphatic carbocycles. The predicted octanol–water partition coefficient (Wildman–Crippen LogP) is 5.24. The number of fused-ring (bicyclic) bond motifs is 1. The summed E-state index contributed by atoms with van der Waals surface area (Å²) >= 11 is 0. The van der Waals surface area contributed by atoms with Gasteiger partial charge in [-0.1, -0.05) is 19.3 Å². The Morgan fingerprint density at radius 1 is 0.914 bits per heavy atom. The first-order chi connectivity index (χ1) is 17.2. The molecule has 5 rings (SSSR count). The number of nitrogens with zero attached hydrogens (tertiary/aromatic N) is 5. The minimum Gasteiger partial charge on any atom is -0.493 e. The molecule has 10 nitrogen and oxygen atoms in total.